The molecular weight excluding hydrogens is 256 g/mol. The number of nitrogens with one attached hydrogen (secondary N) is 2. The summed E-state index contributed by atoms with van der Waals surface area (Å²) in [4.78, 5) is 23.0. The van der Waals surface area contributed by atoms with Crippen molar-refractivity contribution in [3.63, 3.8) is 0 Å². The van der Waals surface area contributed by atoms with Crippen LogP contribution in [-0.4, -0.2) is 26.6 Å². The van der Waals surface area contributed by atoms with Crippen LogP contribution in [0.5, 0.6) is 0 Å². The van der Waals surface area contributed by atoms with Crippen molar-refractivity contribution in [1.82, 2.24) is 10.6 Å². The van der Waals surface area contributed by atoms with Crippen LogP contribution in [0.1, 0.15) is 12.5 Å². The summed E-state index contributed by atoms with van der Waals surface area (Å²) < 4.78 is 22.6. The number of amides is 3. The SMILES string of the molecule is C[C@]1(c2ccc(S(C)(=O)=O)cc2)NC(=O)NC1=O. The molecule has 1 saturated heterocycles. The van der Waals surface area contributed by atoms with Gasteiger partial charge in [0.1, 0.15) is 5.54 Å². The molecule has 1 aliphatic heterocycles. The van der Waals surface area contributed by atoms with Gasteiger partial charge in [-0.1, -0.05) is 12.1 Å². The van der Waals surface area contributed by atoms with Crippen LogP contribution in [0.15, 0.2) is 29.2 Å². The lowest BCUT2D eigenvalue weighted by Gasteiger charge is -2.21. The minimum absolute atomic E-state index is 0.166. The number of hydrogen-bond donors (Lipinski definition) is 2. The molecule has 96 valence electrons. The number of benzene rings is 1. The average molecular weight is 268 g/mol. The van der Waals surface area contributed by atoms with E-state index >= 15 is 0 Å². The predicted molar refractivity (Wildman–Crippen MR) is 63.6 cm³/mol. The normalized spacial score (nSPS) is 23.7. The Labute approximate surface area is 104 Å². The summed E-state index contributed by atoms with van der Waals surface area (Å²) >= 11 is 0. The Balaban J connectivity index is 2.42. The maximum atomic E-state index is 11.7. The Morgan fingerprint density at radius 1 is 1.11 bits per heavy atom. The highest BCUT2D eigenvalue weighted by atomic mass is 32.2. The molecule has 6 nitrogen and oxygen atoms in total. The van der Waals surface area contributed by atoms with Crippen LogP contribution in [0, 0.1) is 0 Å². The highest BCUT2D eigenvalue weighted by Gasteiger charge is 2.43. The van der Waals surface area contributed by atoms with Gasteiger partial charge in [-0.2, -0.15) is 0 Å². The van der Waals surface area contributed by atoms with E-state index in [9.17, 15) is 18.0 Å². The summed E-state index contributed by atoms with van der Waals surface area (Å²) in [5, 5.41) is 4.65. The first kappa shape index (κ1) is 12.6. The predicted octanol–water partition coefficient (Wildman–Crippen LogP) is 0.145. The second-order valence-corrected chi connectivity index (χ2v) is 6.35. The first-order chi connectivity index (χ1) is 8.23. The molecule has 0 bridgehead atoms. The summed E-state index contributed by atoms with van der Waals surface area (Å²) in [7, 11) is -3.28. The molecule has 2 N–H and O–H groups in total. The maximum Gasteiger partial charge on any atom is 0.322 e. The Kier molecular flexibility index (Phi) is 2.66. The van der Waals surface area contributed by atoms with Crippen LogP contribution in [0.2, 0.25) is 0 Å². The van der Waals surface area contributed by atoms with E-state index in [4.69, 9.17) is 0 Å². The summed E-state index contributed by atoms with van der Waals surface area (Å²) in [6, 6.07) is 5.29. The van der Waals surface area contributed by atoms with Crippen molar-refractivity contribution in [3.8, 4) is 0 Å². The topological polar surface area (TPSA) is 92.3 Å². The number of sulfone groups is 1. The molecule has 0 unspecified atom stereocenters. The summed E-state index contributed by atoms with van der Waals surface area (Å²) in [5.41, 5.74) is -0.633. The van der Waals surface area contributed by atoms with E-state index in [1.807, 2.05) is 0 Å². The van der Waals surface area contributed by atoms with Crippen LogP contribution in [0.4, 0.5) is 4.79 Å². The number of imide groups is 1. The summed E-state index contributed by atoms with van der Waals surface area (Å²) in [5.74, 6) is -0.459. The van der Waals surface area contributed by atoms with Crippen LogP contribution in [0.3, 0.4) is 0 Å². The molecule has 0 aromatic heterocycles. The van der Waals surface area contributed by atoms with E-state index in [0.717, 1.165) is 6.26 Å². The standard InChI is InChI=1S/C11H12N2O4S/c1-11(9(14)12-10(15)13-11)7-3-5-8(6-4-7)18(2,16)17/h3-6H,1-2H3,(H2,12,13,14,15)/t11-/m1/s1. The van der Waals surface area contributed by atoms with Crippen molar-refractivity contribution >= 4 is 21.8 Å². The van der Waals surface area contributed by atoms with Crippen LogP contribution >= 0.6 is 0 Å². The number of rotatable bonds is 2. The minimum atomic E-state index is -3.28. The highest BCUT2D eigenvalue weighted by molar-refractivity contribution is 7.90. The fraction of sp³-hybridized carbons (Fsp3) is 0.273. The van der Waals surface area contributed by atoms with Crippen molar-refractivity contribution < 1.29 is 18.0 Å². The highest BCUT2D eigenvalue weighted by Crippen LogP contribution is 2.25. The molecule has 1 aliphatic rings. The molecule has 1 aromatic carbocycles. The third-order valence-electron chi connectivity index (χ3n) is 2.90. The molecule has 0 spiro atoms. The van der Waals surface area contributed by atoms with Gasteiger partial charge >= 0.3 is 6.03 Å². The monoisotopic (exact) mass is 268 g/mol. The van der Waals surface area contributed by atoms with Crippen molar-refractivity contribution in [2.75, 3.05) is 6.26 Å². The fourth-order valence-corrected chi connectivity index (χ4v) is 2.41. The van der Waals surface area contributed by atoms with E-state index in [2.05, 4.69) is 10.6 Å². The first-order valence-electron chi connectivity index (χ1n) is 5.18. The zero-order valence-corrected chi connectivity index (χ0v) is 10.7. The van der Waals surface area contributed by atoms with Gasteiger partial charge in [-0.15, -0.1) is 0 Å². The van der Waals surface area contributed by atoms with Crippen molar-refractivity contribution in [2.45, 2.75) is 17.4 Å². The molecule has 1 atom stereocenters. The van der Waals surface area contributed by atoms with Gasteiger partial charge < -0.3 is 5.32 Å². The summed E-state index contributed by atoms with van der Waals surface area (Å²) in [6.45, 7) is 1.56. The number of carbonyl (C=O) groups excluding carboxylic acids is 2. The molecule has 1 aromatic rings. The molecule has 3 amide bonds. The molecule has 2 rings (SSSR count). The van der Waals surface area contributed by atoms with Gasteiger partial charge in [0.15, 0.2) is 9.84 Å². The zero-order chi connectivity index (χ0) is 13.6. The molecule has 1 fully saturated rings. The third-order valence-corrected chi connectivity index (χ3v) is 4.03. The second kappa shape index (κ2) is 3.81. The summed E-state index contributed by atoms with van der Waals surface area (Å²) in [6.07, 6.45) is 1.10. The van der Waals surface area contributed by atoms with Gasteiger partial charge in [0.25, 0.3) is 5.91 Å². The van der Waals surface area contributed by atoms with Gasteiger partial charge in [-0.05, 0) is 24.6 Å². The van der Waals surface area contributed by atoms with Crippen LogP contribution in [-0.2, 0) is 20.2 Å². The Morgan fingerprint density at radius 2 is 1.67 bits per heavy atom. The molecule has 0 radical (unpaired) electrons. The van der Waals surface area contributed by atoms with Gasteiger partial charge in [0.05, 0.1) is 4.90 Å². The quantitative estimate of drug-likeness (QED) is 0.746. The maximum absolute atomic E-state index is 11.7. The van der Waals surface area contributed by atoms with E-state index in [1.165, 1.54) is 24.3 Å². The number of hydrogen-bond acceptors (Lipinski definition) is 4. The van der Waals surface area contributed by atoms with E-state index in [0.29, 0.717) is 5.56 Å². The zero-order valence-electron chi connectivity index (χ0n) is 9.85. The lowest BCUT2D eigenvalue weighted by atomic mass is 9.92. The van der Waals surface area contributed by atoms with Crippen molar-refractivity contribution in [1.29, 1.82) is 0 Å². The average Bonchev–Trinajstić information content (AvgIpc) is 2.53. The third kappa shape index (κ3) is 1.97. The van der Waals surface area contributed by atoms with E-state index in [-0.39, 0.29) is 4.90 Å². The number of urea groups is 1. The van der Waals surface area contributed by atoms with Gasteiger partial charge in [-0.25, -0.2) is 13.2 Å². The van der Waals surface area contributed by atoms with Crippen molar-refractivity contribution in [2.24, 2.45) is 0 Å². The Morgan fingerprint density at radius 3 is 2.06 bits per heavy atom. The molecule has 0 aliphatic carbocycles. The van der Waals surface area contributed by atoms with Gasteiger partial charge in [0.2, 0.25) is 0 Å². The molecule has 1 heterocycles. The molecule has 0 saturated carbocycles. The second-order valence-electron chi connectivity index (χ2n) is 4.33. The van der Waals surface area contributed by atoms with E-state index in [1.54, 1.807) is 6.92 Å². The molecular formula is C11H12N2O4S. The van der Waals surface area contributed by atoms with Crippen LogP contribution < -0.4 is 10.6 Å². The lowest BCUT2D eigenvalue weighted by molar-refractivity contribution is -0.123. The van der Waals surface area contributed by atoms with Crippen molar-refractivity contribution in [3.05, 3.63) is 29.8 Å². The number of carbonyl (C=O) groups is 2. The fourth-order valence-electron chi connectivity index (χ4n) is 1.78. The van der Waals surface area contributed by atoms with Gasteiger partial charge in [0, 0.05) is 6.26 Å². The first-order valence-corrected chi connectivity index (χ1v) is 7.07. The lowest BCUT2D eigenvalue weighted by Crippen LogP contribution is -2.40. The Bertz CT molecular complexity index is 621. The Hall–Kier alpha value is -1.89. The molecule has 18 heavy (non-hydrogen) atoms. The van der Waals surface area contributed by atoms with E-state index < -0.39 is 27.3 Å². The largest absolute Gasteiger partial charge is 0.322 e. The minimum Gasteiger partial charge on any atom is -0.320 e. The smallest absolute Gasteiger partial charge is 0.320 e. The molecule has 7 heteroatoms. The van der Waals surface area contributed by atoms with Crippen LogP contribution in [0.25, 0.3) is 0 Å². The van der Waals surface area contributed by atoms with Gasteiger partial charge in [-0.3, -0.25) is 10.1 Å².